The predicted octanol–water partition coefficient (Wildman–Crippen LogP) is 1.96. The fourth-order valence-corrected chi connectivity index (χ4v) is 2.16. The van der Waals surface area contributed by atoms with Crippen molar-refractivity contribution < 1.29 is 4.42 Å². The lowest BCUT2D eigenvalue weighted by Crippen LogP contribution is -2.21. The van der Waals surface area contributed by atoms with Crippen molar-refractivity contribution in [3.05, 3.63) is 34.3 Å². The zero-order chi connectivity index (χ0) is 11.7. The number of hydrogen-bond acceptors (Lipinski definition) is 3. The fourth-order valence-electron chi connectivity index (χ4n) is 1.70. The number of halogens is 1. The van der Waals surface area contributed by atoms with E-state index in [2.05, 4.69) is 4.98 Å². The molecule has 1 unspecified atom stereocenters. The molecule has 0 amide bonds. The topological polar surface area (TPSA) is 49.2 Å². The highest BCUT2D eigenvalue weighted by Gasteiger charge is 2.13. The third-order valence-electron chi connectivity index (χ3n) is 2.60. The molecule has 0 aliphatic carbocycles. The number of rotatable bonds is 3. The molecule has 1 aromatic heterocycles. The molecule has 0 saturated carbocycles. The highest BCUT2D eigenvalue weighted by Crippen LogP contribution is 2.22. The van der Waals surface area contributed by atoms with E-state index >= 15 is 0 Å². The Hall–Kier alpha value is -1.26. The molecule has 0 saturated heterocycles. The van der Waals surface area contributed by atoms with Crippen LogP contribution in [0.1, 0.15) is 11.6 Å². The molecule has 1 N–H and O–H groups in total. The molecule has 2 aromatic rings. The van der Waals surface area contributed by atoms with Crippen molar-refractivity contribution in [1.29, 1.82) is 0 Å². The molecule has 0 spiro atoms. The Morgan fingerprint density at radius 1 is 1.50 bits per heavy atom. The van der Waals surface area contributed by atoms with E-state index in [1.165, 1.54) is 0 Å². The van der Waals surface area contributed by atoms with Gasteiger partial charge in [-0.1, -0.05) is 6.07 Å². The third-order valence-corrected chi connectivity index (χ3v) is 2.89. The molecule has 1 atom stereocenters. The first-order chi connectivity index (χ1) is 7.61. The number of nitrogens with one attached hydrogen (secondary N) is 1. The lowest BCUT2D eigenvalue weighted by atomic mass is 10.1. The number of fused-ring (bicyclic) bond motifs is 1. The molecular weight excluding hydrogens is 228 g/mol. The van der Waals surface area contributed by atoms with E-state index < -0.39 is 5.76 Å². The average molecular weight is 241 g/mol. The molecule has 0 aliphatic rings. The van der Waals surface area contributed by atoms with Crippen molar-refractivity contribution in [3.63, 3.8) is 0 Å². The third kappa shape index (κ3) is 1.99. The van der Waals surface area contributed by atoms with Crippen LogP contribution >= 0.6 is 11.6 Å². The van der Waals surface area contributed by atoms with Gasteiger partial charge in [0.05, 0.1) is 5.52 Å². The largest absolute Gasteiger partial charge is 0.417 e. The van der Waals surface area contributed by atoms with E-state index in [-0.39, 0.29) is 6.04 Å². The molecule has 0 bridgehead atoms. The standard InChI is InChI=1S/C11H13ClN2O2/c1-14(2)9(6-12)7-3-4-10-8(5-7)13-11(15)16-10/h3-5,9H,6H2,1-2H3,(H,13,15). The summed E-state index contributed by atoms with van der Waals surface area (Å²) in [5.41, 5.74) is 2.34. The van der Waals surface area contributed by atoms with Gasteiger partial charge in [0.1, 0.15) is 0 Å². The number of alkyl halides is 1. The van der Waals surface area contributed by atoms with Crippen molar-refractivity contribution in [1.82, 2.24) is 9.88 Å². The van der Waals surface area contributed by atoms with Gasteiger partial charge in [0.2, 0.25) is 0 Å². The molecule has 0 fully saturated rings. The summed E-state index contributed by atoms with van der Waals surface area (Å²) in [6, 6.07) is 5.73. The number of aromatic amines is 1. The van der Waals surface area contributed by atoms with Gasteiger partial charge in [0.15, 0.2) is 5.58 Å². The molecule has 86 valence electrons. The second-order valence-electron chi connectivity index (χ2n) is 3.90. The lowest BCUT2D eigenvalue weighted by Gasteiger charge is -2.22. The van der Waals surface area contributed by atoms with Crippen LogP contribution in [-0.2, 0) is 0 Å². The summed E-state index contributed by atoms with van der Waals surface area (Å²) in [6.07, 6.45) is 0. The van der Waals surface area contributed by atoms with Crippen LogP contribution < -0.4 is 5.76 Å². The van der Waals surface area contributed by atoms with Gasteiger partial charge >= 0.3 is 5.76 Å². The van der Waals surface area contributed by atoms with E-state index in [0.717, 1.165) is 5.56 Å². The molecule has 4 nitrogen and oxygen atoms in total. The average Bonchev–Trinajstić information content (AvgIpc) is 2.57. The summed E-state index contributed by atoms with van der Waals surface area (Å²) < 4.78 is 4.94. The van der Waals surface area contributed by atoms with Crippen LogP contribution in [0.15, 0.2) is 27.4 Å². The Balaban J connectivity index is 2.48. The first kappa shape index (κ1) is 11.2. The minimum absolute atomic E-state index is 0.129. The van der Waals surface area contributed by atoms with Gasteiger partial charge in [-0.15, -0.1) is 11.6 Å². The highest BCUT2D eigenvalue weighted by molar-refractivity contribution is 6.18. The normalized spacial score (nSPS) is 13.5. The molecular formula is C11H13ClN2O2. The van der Waals surface area contributed by atoms with Gasteiger partial charge in [0, 0.05) is 11.9 Å². The first-order valence-corrected chi connectivity index (χ1v) is 5.50. The highest BCUT2D eigenvalue weighted by atomic mass is 35.5. The number of H-pyrrole nitrogens is 1. The minimum atomic E-state index is -0.431. The first-order valence-electron chi connectivity index (χ1n) is 4.97. The Morgan fingerprint density at radius 3 is 2.88 bits per heavy atom. The Morgan fingerprint density at radius 2 is 2.25 bits per heavy atom. The summed E-state index contributed by atoms with van der Waals surface area (Å²) in [5.74, 6) is 0.0695. The van der Waals surface area contributed by atoms with Crippen molar-refractivity contribution in [2.24, 2.45) is 0 Å². The summed E-state index contributed by atoms with van der Waals surface area (Å²) in [4.78, 5) is 15.7. The van der Waals surface area contributed by atoms with Crippen LogP contribution in [0.5, 0.6) is 0 Å². The zero-order valence-electron chi connectivity index (χ0n) is 9.16. The summed E-state index contributed by atoms with van der Waals surface area (Å²) in [6.45, 7) is 0. The zero-order valence-corrected chi connectivity index (χ0v) is 9.91. The second-order valence-corrected chi connectivity index (χ2v) is 4.21. The number of benzene rings is 1. The van der Waals surface area contributed by atoms with Gasteiger partial charge < -0.3 is 9.32 Å². The molecule has 1 heterocycles. The molecule has 5 heteroatoms. The van der Waals surface area contributed by atoms with Gasteiger partial charge in [-0.25, -0.2) is 4.79 Å². The van der Waals surface area contributed by atoms with E-state index in [4.69, 9.17) is 16.0 Å². The fraction of sp³-hybridized carbons (Fsp3) is 0.364. The van der Waals surface area contributed by atoms with Gasteiger partial charge in [-0.05, 0) is 31.8 Å². The maximum atomic E-state index is 11.0. The number of hydrogen-bond donors (Lipinski definition) is 1. The SMILES string of the molecule is CN(C)C(CCl)c1ccc2oc(=O)[nH]c2c1. The molecule has 0 aliphatic heterocycles. The Kier molecular flexibility index (Phi) is 3.03. The van der Waals surface area contributed by atoms with E-state index in [0.29, 0.717) is 17.0 Å². The monoisotopic (exact) mass is 240 g/mol. The van der Waals surface area contributed by atoms with Gasteiger partial charge in [-0.2, -0.15) is 0 Å². The van der Waals surface area contributed by atoms with Crippen LogP contribution in [0.3, 0.4) is 0 Å². The summed E-state index contributed by atoms with van der Waals surface area (Å²) in [7, 11) is 3.94. The summed E-state index contributed by atoms with van der Waals surface area (Å²) >= 11 is 5.92. The van der Waals surface area contributed by atoms with Crippen molar-refractivity contribution in [3.8, 4) is 0 Å². The van der Waals surface area contributed by atoms with Crippen LogP contribution in [0, 0.1) is 0 Å². The van der Waals surface area contributed by atoms with Crippen molar-refractivity contribution in [2.75, 3.05) is 20.0 Å². The maximum absolute atomic E-state index is 11.0. The Bertz CT molecular complexity index is 544. The van der Waals surface area contributed by atoms with Gasteiger partial charge in [0.25, 0.3) is 0 Å². The number of nitrogens with zero attached hydrogens (tertiary/aromatic N) is 1. The van der Waals surface area contributed by atoms with Crippen molar-refractivity contribution >= 4 is 22.7 Å². The predicted molar refractivity (Wildman–Crippen MR) is 64.0 cm³/mol. The number of aromatic nitrogens is 1. The van der Waals surface area contributed by atoms with E-state index in [9.17, 15) is 4.79 Å². The molecule has 16 heavy (non-hydrogen) atoms. The van der Waals surface area contributed by atoms with Crippen LogP contribution in [-0.4, -0.2) is 29.9 Å². The van der Waals surface area contributed by atoms with Crippen LogP contribution in [0.2, 0.25) is 0 Å². The quantitative estimate of drug-likeness (QED) is 0.835. The lowest BCUT2D eigenvalue weighted by molar-refractivity contribution is 0.324. The molecule has 1 aromatic carbocycles. The summed E-state index contributed by atoms with van der Waals surface area (Å²) in [5, 5.41) is 0. The molecule has 0 radical (unpaired) electrons. The maximum Gasteiger partial charge on any atom is 0.417 e. The smallest absolute Gasteiger partial charge is 0.408 e. The van der Waals surface area contributed by atoms with Crippen LogP contribution in [0.25, 0.3) is 11.1 Å². The number of oxazole rings is 1. The van der Waals surface area contributed by atoms with E-state index in [1.807, 2.05) is 31.1 Å². The van der Waals surface area contributed by atoms with Crippen LogP contribution in [0.4, 0.5) is 0 Å². The van der Waals surface area contributed by atoms with Crippen molar-refractivity contribution in [2.45, 2.75) is 6.04 Å². The second kappa shape index (κ2) is 4.31. The molecule has 2 rings (SSSR count). The Labute approximate surface area is 97.8 Å². The minimum Gasteiger partial charge on any atom is -0.408 e. The van der Waals surface area contributed by atoms with Gasteiger partial charge in [-0.3, -0.25) is 4.98 Å². The van der Waals surface area contributed by atoms with E-state index in [1.54, 1.807) is 6.07 Å².